The molecule has 0 aliphatic carbocycles. The first-order valence-corrected chi connectivity index (χ1v) is 8.00. The van der Waals surface area contributed by atoms with Crippen molar-refractivity contribution in [1.82, 2.24) is 9.80 Å². The van der Waals surface area contributed by atoms with E-state index in [-0.39, 0.29) is 0 Å². The summed E-state index contributed by atoms with van der Waals surface area (Å²) in [6.45, 7) is 5.06. The van der Waals surface area contributed by atoms with Crippen LogP contribution in [0.2, 0.25) is 5.02 Å². The highest BCUT2D eigenvalue weighted by Crippen LogP contribution is 2.18. The summed E-state index contributed by atoms with van der Waals surface area (Å²) in [5.74, 6) is 0. The Morgan fingerprint density at radius 3 is 2.56 bits per heavy atom. The Kier molecular flexibility index (Phi) is 5.30. The number of thioether (sulfide) groups is 1. The average molecular weight is 301 g/mol. The fourth-order valence-electron chi connectivity index (χ4n) is 2.09. The molecule has 0 unspecified atom stereocenters. The largest absolute Gasteiger partial charge is 0.355 e. The third-order valence-corrected chi connectivity index (χ3v) is 4.89. The third-order valence-electron chi connectivity index (χ3n) is 3.16. The van der Waals surface area contributed by atoms with Gasteiger partial charge in [0, 0.05) is 37.7 Å². The summed E-state index contributed by atoms with van der Waals surface area (Å²) in [5, 5.41) is 0.861. The highest BCUT2D eigenvalue weighted by molar-refractivity contribution is 8.22. The van der Waals surface area contributed by atoms with E-state index in [9.17, 15) is 0 Å². The molecule has 0 spiro atoms. The van der Waals surface area contributed by atoms with Crippen LogP contribution in [0.1, 0.15) is 5.56 Å². The van der Waals surface area contributed by atoms with Crippen LogP contribution in [0.5, 0.6) is 0 Å². The van der Waals surface area contributed by atoms with E-state index in [0.717, 1.165) is 42.1 Å². The Balaban J connectivity index is 1.87. The first-order valence-electron chi connectivity index (χ1n) is 5.99. The number of piperazine rings is 1. The van der Waals surface area contributed by atoms with Crippen molar-refractivity contribution >= 4 is 39.9 Å². The van der Waals surface area contributed by atoms with Crippen molar-refractivity contribution in [2.45, 2.75) is 6.54 Å². The molecule has 0 atom stereocenters. The van der Waals surface area contributed by atoms with E-state index in [1.165, 1.54) is 5.56 Å². The molecule has 1 aromatic rings. The van der Waals surface area contributed by atoms with E-state index in [2.05, 4.69) is 15.9 Å². The van der Waals surface area contributed by atoms with Gasteiger partial charge in [-0.15, -0.1) is 11.8 Å². The molecule has 5 heteroatoms. The Bertz CT molecular complexity index is 417. The van der Waals surface area contributed by atoms with Crippen LogP contribution in [0.25, 0.3) is 0 Å². The minimum atomic E-state index is 0.861. The zero-order chi connectivity index (χ0) is 13.0. The molecule has 1 heterocycles. The van der Waals surface area contributed by atoms with E-state index in [1.807, 2.05) is 24.5 Å². The Morgan fingerprint density at radius 1 is 1.28 bits per heavy atom. The zero-order valence-corrected chi connectivity index (χ0v) is 12.8. The summed E-state index contributed by atoms with van der Waals surface area (Å²) in [6.07, 6.45) is 2.04. The van der Waals surface area contributed by atoms with Crippen molar-refractivity contribution in [1.29, 1.82) is 0 Å². The van der Waals surface area contributed by atoms with Gasteiger partial charge in [0.15, 0.2) is 0 Å². The SMILES string of the molecule is CSC(=S)N1CCN(Cc2ccccc2Cl)CC1. The van der Waals surface area contributed by atoms with Gasteiger partial charge < -0.3 is 4.90 Å². The summed E-state index contributed by atoms with van der Waals surface area (Å²) < 4.78 is 1.01. The van der Waals surface area contributed by atoms with Crippen LogP contribution in [0.3, 0.4) is 0 Å². The maximum absolute atomic E-state index is 6.18. The molecular formula is C13H17ClN2S2. The molecule has 0 radical (unpaired) electrons. The molecule has 1 aliphatic heterocycles. The van der Waals surface area contributed by atoms with E-state index < -0.39 is 0 Å². The smallest absolute Gasteiger partial charge is 0.136 e. The lowest BCUT2D eigenvalue weighted by molar-refractivity contribution is 0.179. The van der Waals surface area contributed by atoms with Crippen LogP contribution in [0.15, 0.2) is 24.3 Å². The summed E-state index contributed by atoms with van der Waals surface area (Å²) >= 11 is 13.2. The number of nitrogens with zero attached hydrogens (tertiary/aromatic N) is 2. The molecule has 1 fully saturated rings. The first kappa shape index (κ1) is 14.1. The molecule has 1 saturated heterocycles. The summed E-state index contributed by atoms with van der Waals surface area (Å²) in [6, 6.07) is 8.07. The fourth-order valence-corrected chi connectivity index (χ4v) is 2.90. The average Bonchev–Trinajstić information content (AvgIpc) is 2.41. The molecular weight excluding hydrogens is 284 g/mol. The van der Waals surface area contributed by atoms with Crippen molar-refractivity contribution < 1.29 is 0 Å². The van der Waals surface area contributed by atoms with Crippen molar-refractivity contribution in [2.24, 2.45) is 0 Å². The van der Waals surface area contributed by atoms with Crippen LogP contribution in [-0.4, -0.2) is 46.6 Å². The van der Waals surface area contributed by atoms with Crippen LogP contribution in [0, 0.1) is 0 Å². The summed E-state index contributed by atoms with van der Waals surface area (Å²) in [4.78, 5) is 4.71. The van der Waals surface area contributed by atoms with E-state index in [1.54, 1.807) is 11.8 Å². The first-order chi connectivity index (χ1) is 8.70. The molecule has 1 aromatic carbocycles. The third kappa shape index (κ3) is 3.60. The predicted molar refractivity (Wildman–Crippen MR) is 84.4 cm³/mol. The van der Waals surface area contributed by atoms with Crippen molar-refractivity contribution in [2.75, 3.05) is 32.4 Å². The lowest BCUT2D eigenvalue weighted by Crippen LogP contribution is -2.47. The number of hydrogen-bond acceptors (Lipinski definition) is 3. The van der Waals surface area contributed by atoms with Gasteiger partial charge in [-0.1, -0.05) is 42.0 Å². The lowest BCUT2D eigenvalue weighted by atomic mass is 10.2. The Hall–Kier alpha value is -0.290. The number of rotatable bonds is 2. The van der Waals surface area contributed by atoms with Gasteiger partial charge in [-0.05, 0) is 17.9 Å². The monoisotopic (exact) mass is 300 g/mol. The number of benzene rings is 1. The number of halogens is 1. The van der Waals surface area contributed by atoms with Gasteiger partial charge >= 0.3 is 0 Å². The molecule has 0 N–H and O–H groups in total. The fraction of sp³-hybridized carbons (Fsp3) is 0.462. The van der Waals surface area contributed by atoms with Crippen LogP contribution < -0.4 is 0 Å². The molecule has 2 rings (SSSR count). The predicted octanol–water partition coefficient (Wildman–Crippen LogP) is 3.11. The van der Waals surface area contributed by atoms with Crippen molar-refractivity contribution in [3.63, 3.8) is 0 Å². The van der Waals surface area contributed by atoms with Crippen LogP contribution in [-0.2, 0) is 6.54 Å². The second-order valence-electron chi connectivity index (χ2n) is 4.32. The number of hydrogen-bond donors (Lipinski definition) is 0. The van der Waals surface area contributed by atoms with Crippen molar-refractivity contribution in [3.05, 3.63) is 34.9 Å². The van der Waals surface area contributed by atoms with Gasteiger partial charge in [-0.3, -0.25) is 4.90 Å². The molecule has 98 valence electrons. The number of thiocarbonyl (C=S) groups is 1. The molecule has 0 aromatic heterocycles. The normalized spacial score (nSPS) is 16.9. The van der Waals surface area contributed by atoms with Gasteiger partial charge in [0.2, 0.25) is 0 Å². The maximum Gasteiger partial charge on any atom is 0.136 e. The summed E-state index contributed by atoms with van der Waals surface area (Å²) in [7, 11) is 0. The maximum atomic E-state index is 6.18. The van der Waals surface area contributed by atoms with Gasteiger partial charge in [0.25, 0.3) is 0 Å². The minimum absolute atomic E-state index is 0.861. The minimum Gasteiger partial charge on any atom is -0.355 e. The molecule has 0 saturated carbocycles. The highest BCUT2D eigenvalue weighted by Gasteiger charge is 2.18. The van der Waals surface area contributed by atoms with Crippen LogP contribution >= 0.6 is 35.6 Å². The molecule has 2 nitrogen and oxygen atoms in total. The highest BCUT2D eigenvalue weighted by atomic mass is 35.5. The second kappa shape index (κ2) is 6.75. The standard InChI is InChI=1S/C13H17ClN2S2/c1-18-13(17)16-8-6-15(7-9-16)10-11-4-2-3-5-12(11)14/h2-5H,6-10H2,1H3. The second-order valence-corrected chi connectivity index (χ2v) is 6.17. The molecule has 0 amide bonds. The van der Waals surface area contributed by atoms with E-state index >= 15 is 0 Å². The summed E-state index contributed by atoms with van der Waals surface area (Å²) in [5.41, 5.74) is 1.21. The lowest BCUT2D eigenvalue weighted by Gasteiger charge is -2.35. The Morgan fingerprint density at radius 2 is 1.94 bits per heavy atom. The van der Waals surface area contributed by atoms with Gasteiger partial charge in [0.05, 0.1) is 0 Å². The van der Waals surface area contributed by atoms with Crippen LogP contribution in [0.4, 0.5) is 0 Å². The van der Waals surface area contributed by atoms with Gasteiger partial charge in [0.1, 0.15) is 4.32 Å². The zero-order valence-electron chi connectivity index (χ0n) is 10.4. The molecule has 1 aliphatic rings. The Labute approximate surface area is 123 Å². The van der Waals surface area contributed by atoms with E-state index in [4.69, 9.17) is 23.8 Å². The van der Waals surface area contributed by atoms with E-state index in [0.29, 0.717) is 0 Å². The van der Waals surface area contributed by atoms with Gasteiger partial charge in [-0.25, -0.2) is 0 Å². The quantitative estimate of drug-likeness (QED) is 0.774. The molecule has 18 heavy (non-hydrogen) atoms. The topological polar surface area (TPSA) is 6.48 Å². The molecule has 0 bridgehead atoms. The van der Waals surface area contributed by atoms with Gasteiger partial charge in [-0.2, -0.15) is 0 Å². The van der Waals surface area contributed by atoms with Crippen molar-refractivity contribution in [3.8, 4) is 0 Å².